The molecule has 1 aromatic rings. The number of hydrogen-bond donors (Lipinski definition) is 2. The van der Waals surface area contributed by atoms with Crippen LogP contribution < -0.4 is 11.2 Å². The predicted molar refractivity (Wildman–Crippen MR) is 77.6 cm³/mol. The van der Waals surface area contributed by atoms with Gasteiger partial charge in [-0.1, -0.05) is 15.9 Å². The van der Waals surface area contributed by atoms with Crippen LogP contribution in [0.3, 0.4) is 0 Å². The van der Waals surface area contributed by atoms with E-state index in [-0.39, 0.29) is 18.6 Å². The summed E-state index contributed by atoms with van der Waals surface area (Å²) in [6, 6.07) is 0. The fourth-order valence-electron chi connectivity index (χ4n) is 2.16. The van der Waals surface area contributed by atoms with Gasteiger partial charge < -0.3 is 9.84 Å². The van der Waals surface area contributed by atoms with Gasteiger partial charge in [0.2, 0.25) is 5.85 Å². The molecular weight excluding hydrogens is 346 g/mol. The Labute approximate surface area is 126 Å². The Morgan fingerprint density at radius 1 is 1.71 bits per heavy atom. The normalized spacial score (nSPS) is 25.1. The zero-order chi connectivity index (χ0) is 15.5. The molecule has 1 fully saturated rings. The van der Waals surface area contributed by atoms with E-state index in [1.807, 2.05) is 0 Å². The van der Waals surface area contributed by atoms with Gasteiger partial charge >= 0.3 is 5.69 Å². The number of azide groups is 1. The van der Waals surface area contributed by atoms with E-state index < -0.39 is 23.2 Å². The van der Waals surface area contributed by atoms with Gasteiger partial charge in [-0.05, 0) is 28.1 Å². The molecule has 21 heavy (non-hydrogen) atoms. The highest BCUT2D eigenvalue weighted by Gasteiger charge is 2.42. The van der Waals surface area contributed by atoms with Crippen LogP contribution in [0.2, 0.25) is 0 Å². The number of halogens is 1. The van der Waals surface area contributed by atoms with Gasteiger partial charge in [0.1, 0.15) is 0 Å². The van der Waals surface area contributed by atoms with Crippen LogP contribution in [0.5, 0.6) is 0 Å². The molecule has 0 aliphatic carbocycles. The number of aliphatic hydroxyl groups excluding tert-OH is 1. The fraction of sp³-hybridized carbons (Fsp3) is 0.455. The number of hydrogen-bond acceptors (Lipinski definition) is 5. The molecule has 1 aromatic heterocycles. The average Bonchev–Trinajstić information content (AvgIpc) is 2.87. The maximum Gasteiger partial charge on any atom is 0.330 e. The first-order valence-corrected chi connectivity index (χ1v) is 6.96. The largest absolute Gasteiger partial charge is 0.394 e. The molecule has 0 spiro atoms. The maximum absolute atomic E-state index is 12.0. The summed E-state index contributed by atoms with van der Waals surface area (Å²) >= 11 is 3.04. The van der Waals surface area contributed by atoms with E-state index in [2.05, 4.69) is 30.9 Å². The molecule has 0 amide bonds. The Bertz CT molecular complexity index is 720. The quantitative estimate of drug-likeness (QED) is 0.472. The molecular formula is C11H12BrN5O4. The van der Waals surface area contributed by atoms with Crippen LogP contribution in [0.25, 0.3) is 16.5 Å². The summed E-state index contributed by atoms with van der Waals surface area (Å²) in [7, 11) is 0. The van der Waals surface area contributed by atoms with Gasteiger partial charge in [0, 0.05) is 17.5 Å². The Hall–Kier alpha value is -1.87. The van der Waals surface area contributed by atoms with Gasteiger partial charge in [-0.2, -0.15) is 0 Å². The Morgan fingerprint density at radius 2 is 2.48 bits per heavy atom. The van der Waals surface area contributed by atoms with Crippen LogP contribution in [0.1, 0.15) is 18.4 Å². The highest BCUT2D eigenvalue weighted by atomic mass is 79.9. The fourth-order valence-corrected chi connectivity index (χ4v) is 2.45. The van der Waals surface area contributed by atoms with Crippen LogP contribution in [-0.2, 0) is 10.6 Å². The van der Waals surface area contributed by atoms with Crippen LogP contribution >= 0.6 is 15.9 Å². The Morgan fingerprint density at radius 3 is 3.05 bits per heavy atom. The standard InChI is InChI=1S/C11H12BrN5O4/c12-4-2-7-5-17(10(20)14-9(7)19)11(15-16-13)3-1-8(6-18)21-11/h2,4-5,8,18H,1,3,6H2,(H,14,19,20)/b4-2+/t8-,11-/m0/s1. The lowest BCUT2D eigenvalue weighted by atomic mass is 10.2. The van der Waals surface area contributed by atoms with Crippen LogP contribution in [-0.4, -0.2) is 27.4 Å². The van der Waals surface area contributed by atoms with Gasteiger partial charge in [0.05, 0.1) is 18.3 Å². The number of ether oxygens (including phenoxy) is 1. The minimum absolute atomic E-state index is 0.190. The molecule has 0 bridgehead atoms. The third-order valence-electron chi connectivity index (χ3n) is 3.14. The van der Waals surface area contributed by atoms with Crippen molar-refractivity contribution in [3.05, 3.63) is 48.0 Å². The topological polar surface area (TPSA) is 133 Å². The lowest BCUT2D eigenvalue weighted by Gasteiger charge is -2.26. The second kappa shape index (κ2) is 6.27. The summed E-state index contributed by atoms with van der Waals surface area (Å²) in [5.41, 5.74) is 7.61. The number of H-pyrrole nitrogens is 1. The summed E-state index contributed by atoms with van der Waals surface area (Å²) in [6.07, 6.45) is 2.80. The first-order chi connectivity index (χ1) is 10.1. The summed E-state index contributed by atoms with van der Waals surface area (Å²) < 4.78 is 6.55. The van der Waals surface area contributed by atoms with E-state index in [4.69, 9.17) is 15.4 Å². The van der Waals surface area contributed by atoms with Gasteiger partial charge in [0.25, 0.3) is 5.56 Å². The van der Waals surface area contributed by atoms with E-state index in [1.54, 1.807) is 0 Å². The van der Waals surface area contributed by atoms with Crippen molar-refractivity contribution in [1.82, 2.24) is 9.55 Å². The Kier molecular flexibility index (Phi) is 4.63. The molecule has 9 nitrogen and oxygen atoms in total. The second-order valence-corrected chi connectivity index (χ2v) is 4.93. The molecule has 1 aliphatic rings. The molecule has 2 atom stereocenters. The first-order valence-electron chi connectivity index (χ1n) is 6.04. The minimum Gasteiger partial charge on any atom is -0.394 e. The zero-order valence-electron chi connectivity index (χ0n) is 10.8. The molecule has 1 aliphatic heterocycles. The number of aliphatic hydroxyl groups is 1. The molecule has 0 unspecified atom stereocenters. The van der Waals surface area contributed by atoms with Crippen LogP contribution in [0.15, 0.2) is 25.9 Å². The van der Waals surface area contributed by atoms with E-state index in [0.29, 0.717) is 6.42 Å². The molecule has 2 heterocycles. The first kappa shape index (κ1) is 15.5. The number of nitrogens with one attached hydrogen (secondary N) is 1. The average molecular weight is 358 g/mol. The van der Waals surface area contributed by atoms with E-state index in [1.165, 1.54) is 17.3 Å². The minimum atomic E-state index is -1.58. The predicted octanol–water partition coefficient (Wildman–Crippen LogP) is 0.994. The van der Waals surface area contributed by atoms with Crippen molar-refractivity contribution in [2.75, 3.05) is 6.61 Å². The summed E-state index contributed by atoms with van der Waals surface area (Å²) in [4.78, 5) is 30.0. The second-order valence-electron chi connectivity index (χ2n) is 4.40. The van der Waals surface area contributed by atoms with Crippen molar-refractivity contribution in [1.29, 1.82) is 0 Å². The third kappa shape index (κ3) is 2.93. The number of nitrogens with zero attached hydrogens (tertiary/aromatic N) is 4. The Balaban J connectivity index is 2.62. The van der Waals surface area contributed by atoms with E-state index in [9.17, 15) is 9.59 Å². The van der Waals surface area contributed by atoms with Gasteiger partial charge in [0.15, 0.2) is 0 Å². The monoisotopic (exact) mass is 357 g/mol. The van der Waals surface area contributed by atoms with Crippen molar-refractivity contribution in [2.45, 2.75) is 24.8 Å². The molecule has 2 rings (SSSR count). The van der Waals surface area contributed by atoms with Crippen molar-refractivity contribution in [3.8, 4) is 0 Å². The molecule has 112 valence electrons. The van der Waals surface area contributed by atoms with Crippen molar-refractivity contribution in [3.63, 3.8) is 0 Å². The van der Waals surface area contributed by atoms with E-state index >= 15 is 0 Å². The van der Waals surface area contributed by atoms with E-state index in [0.717, 1.165) is 4.57 Å². The number of aromatic amines is 1. The molecule has 10 heteroatoms. The van der Waals surface area contributed by atoms with Crippen molar-refractivity contribution < 1.29 is 9.84 Å². The highest BCUT2D eigenvalue weighted by molar-refractivity contribution is 9.11. The molecule has 2 N–H and O–H groups in total. The van der Waals surface area contributed by atoms with Gasteiger partial charge in [-0.3, -0.25) is 14.3 Å². The lowest BCUT2D eigenvalue weighted by Crippen LogP contribution is -2.43. The summed E-state index contributed by atoms with van der Waals surface area (Å²) in [6.45, 7) is -0.255. The van der Waals surface area contributed by atoms with Crippen LogP contribution in [0.4, 0.5) is 0 Å². The smallest absolute Gasteiger partial charge is 0.330 e. The summed E-state index contributed by atoms with van der Waals surface area (Å²) in [5, 5.41) is 12.7. The molecule has 0 aromatic carbocycles. The highest BCUT2D eigenvalue weighted by Crippen LogP contribution is 2.35. The maximum atomic E-state index is 12.0. The molecule has 1 saturated heterocycles. The van der Waals surface area contributed by atoms with Gasteiger partial charge in [-0.15, -0.1) is 0 Å². The molecule has 0 saturated carbocycles. The van der Waals surface area contributed by atoms with Crippen LogP contribution in [0, 0.1) is 0 Å². The van der Waals surface area contributed by atoms with Crippen molar-refractivity contribution >= 4 is 22.0 Å². The number of aromatic nitrogens is 2. The third-order valence-corrected chi connectivity index (χ3v) is 3.40. The summed E-state index contributed by atoms with van der Waals surface area (Å²) in [5.74, 6) is -1.58. The SMILES string of the molecule is [N-]=[N+]=N[C@]1(n2cc(/C=C/Br)c(=O)[nH]c2=O)CC[C@@H](CO)O1. The van der Waals surface area contributed by atoms with Crippen molar-refractivity contribution in [2.24, 2.45) is 5.11 Å². The lowest BCUT2D eigenvalue weighted by molar-refractivity contribution is -0.108. The van der Waals surface area contributed by atoms with Gasteiger partial charge in [-0.25, -0.2) is 4.79 Å². The zero-order valence-corrected chi connectivity index (χ0v) is 12.4. The number of rotatable bonds is 4. The molecule has 0 radical (unpaired) electrons.